The second kappa shape index (κ2) is 8.28. The molecule has 0 aromatic heterocycles. The third-order valence-corrected chi connectivity index (χ3v) is 6.97. The lowest BCUT2D eigenvalue weighted by Crippen LogP contribution is -2.43. The largest absolute Gasteiger partial charge is 0.325 e. The van der Waals surface area contributed by atoms with Gasteiger partial charge in [-0.05, 0) is 55.3 Å². The molecule has 0 radical (unpaired) electrons. The number of hydrogen-bond acceptors (Lipinski definition) is 5. The van der Waals surface area contributed by atoms with Crippen molar-refractivity contribution >= 4 is 37.3 Å². The summed E-state index contributed by atoms with van der Waals surface area (Å²) in [5, 5.41) is 2.49. The molecule has 2 N–H and O–H groups in total. The fraction of sp³-hybridized carbons (Fsp3) is 0.278. The van der Waals surface area contributed by atoms with Crippen LogP contribution in [0.2, 0.25) is 0 Å². The number of halogens is 2. The molecule has 0 aliphatic carbocycles. The van der Waals surface area contributed by atoms with E-state index in [1.165, 1.54) is 6.07 Å². The lowest BCUT2D eigenvalue weighted by atomic mass is 10.2. The van der Waals surface area contributed by atoms with Crippen LogP contribution in [-0.2, 0) is 24.8 Å². The number of rotatable bonds is 6. The summed E-state index contributed by atoms with van der Waals surface area (Å²) < 4.78 is 78.4. The van der Waals surface area contributed by atoms with Crippen molar-refractivity contribution in [2.24, 2.45) is 0 Å². The van der Waals surface area contributed by atoms with E-state index in [4.69, 9.17) is 0 Å². The maximum atomic E-state index is 13.8. The van der Waals surface area contributed by atoms with Gasteiger partial charge in [0.2, 0.25) is 26.0 Å². The molecule has 162 valence electrons. The van der Waals surface area contributed by atoms with Crippen molar-refractivity contribution in [2.45, 2.75) is 23.8 Å². The van der Waals surface area contributed by atoms with Gasteiger partial charge in [-0.2, -0.15) is 4.31 Å². The lowest BCUT2D eigenvalue weighted by Gasteiger charge is -2.23. The van der Waals surface area contributed by atoms with E-state index in [1.54, 1.807) is 0 Å². The first-order chi connectivity index (χ1) is 14.0. The molecule has 1 amide bonds. The maximum Gasteiger partial charge on any atom is 0.243 e. The van der Waals surface area contributed by atoms with Crippen LogP contribution in [0.1, 0.15) is 12.8 Å². The van der Waals surface area contributed by atoms with Crippen LogP contribution >= 0.6 is 0 Å². The van der Waals surface area contributed by atoms with Gasteiger partial charge in [-0.3, -0.25) is 9.52 Å². The fourth-order valence-corrected chi connectivity index (χ4v) is 5.35. The van der Waals surface area contributed by atoms with Gasteiger partial charge < -0.3 is 5.32 Å². The molecular weight excluding hydrogens is 440 g/mol. The zero-order valence-electron chi connectivity index (χ0n) is 15.8. The molecule has 0 saturated carbocycles. The monoisotopic (exact) mass is 459 g/mol. The molecule has 0 spiro atoms. The summed E-state index contributed by atoms with van der Waals surface area (Å²) >= 11 is 0. The van der Waals surface area contributed by atoms with E-state index in [9.17, 15) is 30.4 Å². The molecule has 12 heteroatoms. The topological polar surface area (TPSA) is 113 Å². The van der Waals surface area contributed by atoms with Crippen molar-refractivity contribution in [3.8, 4) is 0 Å². The molecule has 1 unspecified atom stereocenters. The number of nitrogens with zero attached hydrogens (tertiary/aromatic N) is 1. The van der Waals surface area contributed by atoms with Gasteiger partial charge in [0.25, 0.3) is 0 Å². The van der Waals surface area contributed by atoms with E-state index in [0.717, 1.165) is 47.0 Å². The number of carbonyl (C=O) groups excluding carboxylic acids is 1. The quantitative estimate of drug-likeness (QED) is 0.687. The Bertz CT molecular complexity index is 1170. The van der Waals surface area contributed by atoms with Crippen molar-refractivity contribution in [3.63, 3.8) is 0 Å². The van der Waals surface area contributed by atoms with Crippen LogP contribution in [0.15, 0.2) is 47.4 Å². The third-order valence-electron chi connectivity index (χ3n) is 4.46. The van der Waals surface area contributed by atoms with Gasteiger partial charge in [-0.1, -0.05) is 0 Å². The molecule has 1 saturated heterocycles. The Balaban J connectivity index is 1.81. The highest BCUT2D eigenvalue weighted by Crippen LogP contribution is 2.28. The average molecular weight is 459 g/mol. The minimum absolute atomic E-state index is 0.0959. The standard InChI is InChI=1S/C18H19F2N3O5S2/c1-29(25,26)22-16-11-13(6-9-15(16)20)21-18(24)17-3-2-10-23(17)30(27,28)14-7-4-12(19)5-8-14/h4-9,11,17,22H,2-3,10H2,1H3,(H,21,24). The van der Waals surface area contributed by atoms with Gasteiger partial charge >= 0.3 is 0 Å². The van der Waals surface area contributed by atoms with Crippen molar-refractivity contribution in [1.82, 2.24) is 4.31 Å². The Labute approximate surface area is 173 Å². The smallest absolute Gasteiger partial charge is 0.243 e. The van der Waals surface area contributed by atoms with Crippen LogP contribution in [0.3, 0.4) is 0 Å². The Kier molecular flexibility index (Phi) is 6.11. The lowest BCUT2D eigenvalue weighted by molar-refractivity contribution is -0.119. The Hall–Kier alpha value is -2.57. The molecule has 8 nitrogen and oxygen atoms in total. The van der Waals surface area contributed by atoms with E-state index in [0.29, 0.717) is 6.42 Å². The van der Waals surface area contributed by atoms with E-state index in [-0.39, 0.29) is 29.2 Å². The third kappa shape index (κ3) is 4.94. The number of amides is 1. The Morgan fingerprint density at radius 2 is 1.73 bits per heavy atom. The molecule has 2 aromatic carbocycles. The second-order valence-corrected chi connectivity index (χ2v) is 10.4. The van der Waals surface area contributed by atoms with E-state index < -0.39 is 43.6 Å². The first-order valence-corrected chi connectivity index (χ1v) is 12.2. The van der Waals surface area contributed by atoms with Crippen molar-refractivity contribution < 1.29 is 30.4 Å². The van der Waals surface area contributed by atoms with E-state index >= 15 is 0 Å². The molecule has 3 rings (SSSR count). The maximum absolute atomic E-state index is 13.8. The number of anilines is 2. The summed E-state index contributed by atoms with van der Waals surface area (Å²) in [4.78, 5) is 12.6. The molecule has 1 aliphatic heterocycles. The fourth-order valence-electron chi connectivity index (χ4n) is 3.14. The highest BCUT2D eigenvalue weighted by atomic mass is 32.2. The van der Waals surface area contributed by atoms with Crippen LogP contribution < -0.4 is 10.0 Å². The van der Waals surface area contributed by atoms with Gasteiger partial charge in [0.1, 0.15) is 17.7 Å². The summed E-state index contributed by atoms with van der Waals surface area (Å²) in [6, 6.07) is 6.58. The van der Waals surface area contributed by atoms with Crippen molar-refractivity contribution in [3.05, 3.63) is 54.1 Å². The van der Waals surface area contributed by atoms with Gasteiger partial charge in [0, 0.05) is 12.2 Å². The molecule has 1 fully saturated rings. The second-order valence-electron chi connectivity index (χ2n) is 6.79. The minimum Gasteiger partial charge on any atom is -0.325 e. The Morgan fingerprint density at radius 1 is 1.07 bits per heavy atom. The predicted octanol–water partition coefficient (Wildman–Crippen LogP) is 2.13. The van der Waals surface area contributed by atoms with E-state index in [1.807, 2.05) is 4.72 Å². The molecule has 1 aliphatic rings. The number of hydrogen-bond donors (Lipinski definition) is 2. The summed E-state index contributed by atoms with van der Waals surface area (Å²) in [5.74, 6) is -2.06. The number of sulfonamides is 2. The SMILES string of the molecule is CS(=O)(=O)Nc1cc(NC(=O)C2CCCN2S(=O)(=O)c2ccc(F)cc2)ccc1F. The van der Waals surface area contributed by atoms with E-state index in [2.05, 4.69) is 5.32 Å². The minimum atomic E-state index is -4.03. The highest BCUT2D eigenvalue weighted by Gasteiger charge is 2.39. The molecule has 2 aromatic rings. The van der Waals surface area contributed by atoms with Crippen LogP contribution in [0.25, 0.3) is 0 Å². The van der Waals surface area contributed by atoms with Gasteiger partial charge in [-0.25, -0.2) is 25.6 Å². The number of benzene rings is 2. The first-order valence-electron chi connectivity index (χ1n) is 8.83. The van der Waals surface area contributed by atoms with Crippen molar-refractivity contribution in [2.75, 3.05) is 22.8 Å². The van der Waals surface area contributed by atoms with Gasteiger partial charge in [-0.15, -0.1) is 0 Å². The average Bonchev–Trinajstić information content (AvgIpc) is 3.14. The summed E-state index contributed by atoms with van der Waals surface area (Å²) in [6.45, 7) is 0.113. The van der Waals surface area contributed by atoms with Crippen LogP contribution in [0, 0.1) is 11.6 Å². The molecular formula is C18H19F2N3O5S2. The summed E-state index contributed by atoms with van der Waals surface area (Å²) in [5.41, 5.74) is -0.254. The highest BCUT2D eigenvalue weighted by molar-refractivity contribution is 7.92. The Morgan fingerprint density at radius 3 is 2.37 bits per heavy atom. The molecule has 1 heterocycles. The zero-order chi connectivity index (χ0) is 22.1. The van der Waals surface area contributed by atoms with Gasteiger partial charge in [0.05, 0.1) is 16.8 Å². The van der Waals surface area contributed by atoms with Crippen molar-refractivity contribution in [1.29, 1.82) is 0 Å². The molecule has 30 heavy (non-hydrogen) atoms. The zero-order valence-corrected chi connectivity index (χ0v) is 17.4. The van der Waals surface area contributed by atoms with Crippen LogP contribution in [0.4, 0.5) is 20.2 Å². The molecule has 0 bridgehead atoms. The summed E-state index contributed by atoms with van der Waals surface area (Å²) in [7, 11) is -7.77. The number of carbonyl (C=O) groups is 1. The first kappa shape index (κ1) is 22.1. The van der Waals surface area contributed by atoms with Gasteiger partial charge in [0.15, 0.2) is 0 Å². The predicted molar refractivity (Wildman–Crippen MR) is 107 cm³/mol. The van der Waals surface area contributed by atoms with Crippen LogP contribution in [-0.4, -0.2) is 45.9 Å². The number of nitrogens with one attached hydrogen (secondary N) is 2. The summed E-state index contributed by atoms with van der Waals surface area (Å²) in [6.07, 6.45) is 1.57. The molecule has 1 atom stereocenters. The normalized spacial score (nSPS) is 17.6. The van der Waals surface area contributed by atoms with Crippen LogP contribution in [0.5, 0.6) is 0 Å².